The van der Waals surface area contributed by atoms with Gasteiger partial charge in [-0.25, -0.2) is 4.39 Å². The normalized spacial score (nSPS) is 13.7. The van der Waals surface area contributed by atoms with Gasteiger partial charge in [0.25, 0.3) is 0 Å². The number of carbonyl (C=O) groups excluding carboxylic acids is 1. The minimum Gasteiger partial charge on any atom is -0.323 e. The number of rotatable bonds is 6. The topological polar surface area (TPSA) is 77.6 Å². The second-order valence-electron chi connectivity index (χ2n) is 6.21. The Hall–Kier alpha value is -2.20. The first kappa shape index (κ1) is 18.2. The monoisotopic (exact) mass is 450 g/mol. The molecule has 0 bridgehead atoms. The molecule has 3 aromatic rings. The van der Waals surface area contributed by atoms with Crippen LogP contribution in [0.25, 0.3) is 11.5 Å². The van der Waals surface area contributed by atoms with E-state index in [1.54, 1.807) is 16.9 Å². The number of benzene rings is 1. The smallest absolute Gasteiger partial charge is 0.234 e. The van der Waals surface area contributed by atoms with E-state index in [-0.39, 0.29) is 17.3 Å². The van der Waals surface area contributed by atoms with Gasteiger partial charge < -0.3 is 5.32 Å². The molecule has 7 nitrogen and oxygen atoms in total. The van der Waals surface area contributed by atoms with E-state index in [2.05, 4.69) is 41.1 Å². The van der Waals surface area contributed by atoms with Gasteiger partial charge in [0.1, 0.15) is 11.5 Å². The summed E-state index contributed by atoms with van der Waals surface area (Å²) in [4.78, 5) is 12.2. The Labute approximate surface area is 167 Å². The van der Waals surface area contributed by atoms with Gasteiger partial charge in [0.15, 0.2) is 11.0 Å². The SMILES string of the molecule is Cn1nccc1-c1nnc(SCC(=O)Nc2ccc(Br)cc2F)n1C1CC1. The highest BCUT2D eigenvalue weighted by Crippen LogP contribution is 2.40. The predicted molar refractivity (Wildman–Crippen MR) is 104 cm³/mol. The highest BCUT2D eigenvalue weighted by Gasteiger charge is 2.31. The van der Waals surface area contributed by atoms with Crippen molar-refractivity contribution in [2.75, 3.05) is 11.1 Å². The van der Waals surface area contributed by atoms with Crippen molar-refractivity contribution in [1.29, 1.82) is 0 Å². The van der Waals surface area contributed by atoms with Crippen LogP contribution in [0.4, 0.5) is 10.1 Å². The van der Waals surface area contributed by atoms with Crippen molar-refractivity contribution >= 4 is 39.3 Å². The third-order valence-corrected chi connectivity index (χ3v) is 5.60. The molecule has 0 saturated heterocycles. The first-order valence-electron chi connectivity index (χ1n) is 8.34. The lowest BCUT2D eigenvalue weighted by atomic mass is 10.3. The average molecular weight is 451 g/mol. The molecule has 140 valence electrons. The summed E-state index contributed by atoms with van der Waals surface area (Å²) in [6, 6.07) is 6.75. The van der Waals surface area contributed by atoms with Gasteiger partial charge in [0, 0.05) is 23.8 Å². The number of hydrogen-bond donors (Lipinski definition) is 1. The molecule has 0 unspecified atom stereocenters. The van der Waals surface area contributed by atoms with Crippen LogP contribution < -0.4 is 5.32 Å². The molecule has 10 heteroatoms. The number of aryl methyl sites for hydroxylation is 1. The van der Waals surface area contributed by atoms with Crippen molar-refractivity contribution in [3.05, 3.63) is 40.8 Å². The molecule has 0 atom stereocenters. The number of nitrogens with zero attached hydrogens (tertiary/aromatic N) is 5. The van der Waals surface area contributed by atoms with Crippen LogP contribution in [-0.2, 0) is 11.8 Å². The van der Waals surface area contributed by atoms with Crippen LogP contribution in [0.3, 0.4) is 0 Å². The van der Waals surface area contributed by atoms with Crippen molar-refractivity contribution < 1.29 is 9.18 Å². The lowest BCUT2D eigenvalue weighted by molar-refractivity contribution is -0.113. The molecular formula is C17H16BrFN6OS. The molecule has 27 heavy (non-hydrogen) atoms. The summed E-state index contributed by atoms with van der Waals surface area (Å²) in [7, 11) is 1.86. The molecule has 2 heterocycles. The Morgan fingerprint density at radius 1 is 1.37 bits per heavy atom. The number of amides is 1. The van der Waals surface area contributed by atoms with E-state index in [1.807, 2.05) is 13.1 Å². The van der Waals surface area contributed by atoms with Gasteiger partial charge >= 0.3 is 0 Å². The van der Waals surface area contributed by atoms with Crippen molar-refractivity contribution in [2.24, 2.45) is 7.05 Å². The first-order chi connectivity index (χ1) is 13.0. The number of carbonyl (C=O) groups is 1. The van der Waals surface area contributed by atoms with Crippen LogP contribution in [0.15, 0.2) is 40.1 Å². The predicted octanol–water partition coefficient (Wildman–Crippen LogP) is 3.65. The summed E-state index contributed by atoms with van der Waals surface area (Å²) in [6.45, 7) is 0. The molecule has 1 fully saturated rings. The molecule has 0 aliphatic heterocycles. The quantitative estimate of drug-likeness (QED) is 0.579. The first-order valence-corrected chi connectivity index (χ1v) is 10.1. The summed E-state index contributed by atoms with van der Waals surface area (Å²) >= 11 is 4.49. The maximum Gasteiger partial charge on any atom is 0.234 e. The van der Waals surface area contributed by atoms with E-state index in [4.69, 9.17) is 0 Å². The maximum atomic E-state index is 13.9. The van der Waals surface area contributed by atoms with E-state index in [0.717, 1.165) is 24.4 Å². The van der Waals surface area contributed by atoms with Crippen molar-refractivity contribution in [3.8, 4) is 11.5 Å². The molecule has 1 aliphatic carbocycles. The van der Waals surface area contributed by atoms with Gasteiger partial charge in [-0.05, 0) is 37.1 Å². The second-order valence-corrected chi connectivity index (χ2v) is 8.07. The lowest BCUT2D eigenvalue weighted by Crippen LogP contribution is -2.15. The minimum absolute atomic E-state index is 0.117. The molecule has 2 aromatic heterocycles. The fraction of sp³-hybridized carbons (Fsp3) is 0.294. The number of halogens is 2. The fourth-order valence-electron chi connectivity index (χ4n) is 2.71. The van der Waals surface area contributed by atoms with Gasteiger partial charge in [0.05, 0.1) is 11.4 Å². The summed E-state index contributed by atoms with van der Waals surface area (Å²) in [5, 5.41) is 16.0. The highest BCUT2D eigenvalue weighted by atomic mass is 79.9. The van der Waals surface area contributed by atoms with Crippen molar-refractivity contribution in [3.63, 3.8) is 0 Å². The average Bonchev–Trinajstić information content (AvgIpc) is 3.24. The third-order valence-electron chi connectivity index (χ3n) is 4.16. The van der Waals surface area contributed by atoms with Crippen LogP contribution in [0.2, 0.25) is 0 Å². The minimum atomic E-state index is -0.484. The number of hydrogen-bond acceptors (Lipinski definition) is 5. The zero-order valence-corrected chi connectivity index (χ0v) is 16.8. The Kier molecular flexibility index (Phi) is 5.00. The third kappa shape index (κ3) is 3.91. The molecule has 1 aromatic carbocycles. The lowest BCUT2D eigenvalue weighted by Gasteiger charge is -2.09. The molecule has 1 saturated carbocycles. The fourth-order valence-corrected chi connectivity index (χ4v) is 3.85. The van der Waals surface area contributed by atoms with E-state index in [0.29, 0.717) is 15.7 Å². The molecule has 0 spiro atoms. The number of aromatic nitrogens is 5. The van der Waals surface area contributed by atoms with Gasteiger partial charge in [-0.2, -0.15) is 5.10 Å². The van der Waals surface area contributed by atoms with Crippen LogP contribution >= 0.6 is 27.7 Å². The van der Waals surface area contributed by atoms with E-state index >= 15 is 0 Å². The van der Waals surface area contributed by atoms with Crippen LogP contribution in [0.1, 0.15) is 18.9 Å². The van der Waals surface area contributed by atoms with E-state index in [1.165, 1.54) is 23.9 Å². The van der Waals surface area contributed by atoms with Crippen molar-refractivity contribution in [1.82, 2.24) is 24.5 Å². The Balaban J connectivity index is 1.48. The number of anilines is 1. The van der Waals surface area contributed by atoms with Crippen LogP contribution in [-0.4, -0.2) is 36.2 Å². The largest absolute Gasteiger partial charge is 0.323 e. The summed E-state index contributed by atoms with van der Waals surface area (Å²) in [5.41, 5.74) is 1.03. The zero-order chi connectivity index (χ0) is 19.0. The summed E-state index contributed by atoms with van der Waals surface area (Å²) in [5.74, 6) is 0.0848. The van der Waals surface area contributed by atoms with Crippen LogP contribution in [0.5, 0.6) is 0 Å². The standard InChI is InChI=1S/C17H16BrFN6OS/c1-24-14(6-7-20-24)16-22-23-17(25(16)11-3-4-11)27-9-15(26)21-13-5-2-10(18)8-12(13)19/h2,5-8,11H,3-4,9H2,1H3,(H,21,26). The maximum absolute atomic E-state index is 13.9. The van der Waals surface area contributed by atoms with Gasteiger partial charge in [0.2, 0.25) is 5.91 Å². The molecule has 0 radical (unpaired) electrons. The van der Waals surface area contributed by atoms with Gasteiger partial charge in [-0.3, -0.25) is 14.0 Å². The zero-order valence-electron chi connectivity index (χ0n) is 14.4. The van der Waals surface area contributed by atoms with E-state index < -0.39 is 5.82 Å². The summed E-state index contributed by atoms with van der Waals surface area (Å²) in [6.07, 6.45) is 3.84. The molecule has 1 amide bonds. The number of thioether (sulfide) groups is 1. The second kappa shape index (κ2) is 7.43. The van der Waals surface area contributed by atoms with Gasteiger partial charge in [-0.1, -0.05) is 27.7 Å². The summed E-state index contributed by atoms with van der Waals surface area (Å²) < 4.78 is 18.3. The van der Waals surface area contributed by atoms with E-state index in [9.17, 15) is 9.18 Å². The molecular weight excluding hydrogens is 435 g/mol. The Morgan fingerprint density at radius 2 is 2.19 bits per heavy atom. The number of nitrogens with one attached hydrogen (secondary N) is 1. The van der Waals surface area contributed by atoms with Gasteiger partial charge in [-0.15, -0.1) is 10.2 Å². The molecule has 4 rings (SSSR count). The van der Waals surface area contributed by atoms with Crippen LogP contribution in [0, 0.1) is 5.82 Å². The highest BCUT2D eigenvalue weighted by molar-refractivity contribution is 9.10. The molecule has 1 N–H and O–H groups in total. The Morgan fingerprint density at radius 3 is 2.85 bits per heavy atom. The Bertz CT molecular complexity index is 999. The molecule has 1 aliphatic rings. The van der Waals surface area contributed by atoms with Crippen molar-refractivity contribution in [2.45, 2.75) is 24.0 Å².